The zero-order valence-electron chi connectivity index (χ0n) is 11.1. The fraction of sp³-hybridized carbons (Fsp3) is 0.500. The molecule has 0 aliphatic carbocycles. The van der Waals surface area contributed by atoms with E-state index in [9.17, 15) is 4.79 Å². The van der Waals surface area contributed by atoms with Crippen molar-refractivity contribution in [2.75, 3.05) is 12.0 Å². The minimum atomic E-state index is -0.223. The van der Waals surface area contributed by atoms with Crippen LogP contribution in [0.5, 0.6) is 0 Å². The van der Waals surface area contributed by atoms with Gasteiger partial charge in [0.2, 0.25) is 5.91 Å². The summed E-state index contributed by atoms with van der Waals surface area (Å²) in [5, 5.41) is 2.98. The predicted octanol–water partition coefficient (Wildman–Crippen LogP) is 2.33. The van der Waals surface area contributed by atoms with Crippen LogP contribution >= 0.6 is 11.8 Å². The summed E-state index contributed by atoms with van der Waals surface area (Å²) in [5.41, 5.74) is 7.01. The first-order valence-electron chi connectivity index (χ1n) is 6.22. The molecule has 0 saturated heterocycles. The molecule has 1 rings (SSSR count). The maximum absolute atomic E-state index is 11.8. The minimum Gasteiger partial charge on any atom is -0.354 e. The monoisotopic (exact) mass is 266 g/mol. The number of carbonyl (C=O) groups is 1. The Hall–Kier alpha value is -1.00. The van der Waals surface area contributed by atoms with Gasteiger partial charge in [-0.1, -0.05) is 30.3 Å². The van der Waals surface area contributed by atoms with Gasteiger partial charge < -0.3 is 11.1 Å². The lowest BCUT2D eigenvalue weighted by atomic mass is 10.0. The van der Waals surface area contributed by atoms with E-state index in [4.69, 9.17) is 5.73 Å². The maximum Gasteiger partial charge on any atom is 0.222 e. The summed E-state index contributed by atoms with van der Waals surface area (Å²) in [6.45, 7) is 2.03. The van der Waals surface area contributed by atoms with E-state index in [0.717, 1.165) is 17.7 Å². The van der Waals surface area contributed by atoms with E-state index in [-0.39, 0.29) is 18.0 Å². The molecular weight excluding hydrogens is 244 g/mol. The molecular formula is C14H22N2OS. The van der Waals surface area contributed by atoms with Gasteiger partial charge >= 0.3 is 0 Å². The van der Waals surface area contributed by atoms with Crippen molar-refractivity contribution in [2.45, 2.75) is 31.8 Å². The standard InChI is InChI=1S/C14H22N2OS/c1-11(8-9-18-2)16-14(17)10-13(15)12-6-4-3-5-7-12/h3-7,11,13H,8-10,15H2,1-2H3,(H,16,17). The van der Waals surface area contributed by atoms with Crippen LogP contribution in [0, 0.1) is 0 Å². The van der Waals surface area contributed by atoms with Crippen molar-refractivity contribution >= 4 is 17.7 Å². The van der Waals surface area contributed by atoms with Crippen LogP contribution in [0.2, 0.25) is 0 Å². The Morgan fingerprint density at radius 1 is 1.39 bits per heavy atom. The van der Waals surface area contributed by atoms with Crippen molar-refractivity contribution in [2.24, 2.45) is 5.73 Å². The molecule has 0 fully saturated rings. The highest BCUT2D eigenvalue weighted by molar-refractivity contribution is 7.98. The maximum atomic E-state index is 11.8. The highest BCUT2D eigenvalue weighted by Crippen LogP contribution is 2.13. The Morgan fingerprint density at radius 3 is 2.67 bits per heavy atom. The third-order valence-electron chi connectivity index (χ3n) is 2.80. The number of hydrogen-bond donors (Lipinski definition) is 2. The lowest BCUT2D eigenvalue weighted by Crippen LogP contribution is -2.34. The van der Waals surface area contributed by atoms with Gasteiger partial charge in [-0.15, -0.1) is 0 Å². The molecule has 0 radical (unpaired) electrons. The van der Waals surface area contributed by atoms with Crippen LogP contribution in [0.25, 0.3) is 0 Å². The number of thioether (sulfide) groups is 1. The zero-order valence-corrected chi connectivity index (χ0v) is 11.9. The van der Waals surface area contributed by atoms with Crippen LogP contribution in [-0.2, 0) is 4.79 Å². The number of rotatable bonds is 7. The first-order chi connectivity index (χ1) is 8.63. The first kappa shape index (κ1) is 15.1. The average molecular weight is 266 g/mol. The van der Waals surface area contributed by atoms with Gasteiger partial charge in [0.05, 0.1) is 0 Å². The molecule has 2 unspecified atom stereocenters. The third-order valence-corrected chi connectivity index (χ3v) is 3.44. The van der Waals surface area contributed by atoms with Gasteiger partial charge in [0.25, 0.3) is 0 Å². The van der Waals surface area contributed by atoms with Crippen LogP contribution in [0.15, 0.2) is 30.3 Å². The fourth-order valence-corrected chi connectivity index (χ4v) is 2.31. The normalized spacial score (nSPS) is 13.9. The number of nitrogens with one attached hydrogen (secondary N) is 1. The molecule has 0 aliphatic rings. The largest absolute Gasteiger partial charge is 0.354 e. The Labute approximate surface area is 114 Å². The summed E-state index contributed by atoms with van der Waals surface area (Å²) in [6.07, 6.45) is 3.40. The van der Waals surface area contributed by atoms with Crippen LogP contribution < -0.4 is 11.1 Å². The molecule has 0 aliphatic heterocycles. The Bertz CT molecular complexity index is 356. The van der Waals surface area contributed by atoms with Crippen molar-refractivity contribution in [3.8, 4) is 0 Å². The number of hydrogen-bond acceptors (Lipinski definition) is 3. The Balaban J connectivity index is 2.36. The SMILES string of the molecule is CSCCC(C)NC(=O)CC(N)c1ccccc1. The van der Waals surface area contributed by atoms with Gasteiger partial charge in [-0.2, -0.15) is 11.8 Å². The molecule has 100 valence electrons. The van der Waals surface area contributed by atoms with E-state index in [2.05, 4.69) is 11.6 Å². The van der Waals surface area contributed by atoms with E-state index in [1.54, 1.807) is 11.8 Å². The van der Waals surface area contributed by atoms with Crippen molar-refractivity contribution < 1.29 is 4.79 Å². The number of carbonyl (C=O) groups excluding carboxylic acids is 1. The second kappa shape index (κ2) is 8.16. The lowest BCUT2D eigenvalue weighted by Gasteiger charge is -2.16. The lowest BCUT2D eigenvalue weighted by molar-refractivity contribution is -0.122. The first-order valence-corrected chi connectivity index (χ1v) is 7.61. The molecule has 0 aromatic heterocycles. The van der Waals surface area contributed by atoms with E-state index in [1.165, 1.54) is 0 Å². The summed E-state index contributed by atoms with van der Waals surface area (Å²) in [4.78, 5) is 11.8. The minimum absolute atomic E-state index is 0.0277. The summed E-state index contributed by atoms with van der Waals surface area (Å²) >= 11 is 1.79. The summed E-state index contributed by atoms with van der Waals surface area (Å²) in [7, 11) is 0. The van der Waals surface area contributed by atoms with Crippen molar-refractivity contribution in [1.82, 2.24) is 5.32 Å². The smallest absolute Gasteiger partial charge is 0.222 e. The molecule has 3 nitrogen and oxygen atoms in total. The predicted molar refractivity (Wildman–Crippen MR) is 78.6 cm³/mol. The number of amides is 1. The molecule has 18 heavy (non-hydrogen) atoms. The second-order valence-electron chi connectivity index (χ2n) is 4.47. The molecule has 0 heterocycles. The quantitative estimate of drug-likeness (QED) is 0.796. The second-order valence-corrected chi connectivity index (χ2v) is 5.46. The number of benzene rings is 1. The summed E-state index contributed by atoms with van der Waals surface area (Å²) in [6, 6.07) is 9.72. The molecule has 2 atom stereocenters. The van der Waals surface area contributed by atoms with Crippen molar-refractivity contribution in [3.63, 3.8) is 0 Å². The van der Waals surface area contributed by atoms with Gasteiger partial charge in [-0.25, -0.2) is 0 Å². The van der Waals surface area contributed by atoms with Gasteiger partial charge in [0.1, 0.15) is 0 Å². The summed E-state index contributed by atoms with van der Waals surface area (Å²) < 4.78 is 0. The van der Waals surface area contributed by atoms with E-state index < -0.39 is 0 Å². The zero-order chi connectivity index (χ0) is 13.4. The molecule has 1 amide bonds. The molecule has 3 N–H and O–H groups in total. The van der Waals surface area contributed by atoms with E-state index in [1.807, 2.05) is 37.3 Å². The Morgan fingerprint density at radius 2 is 2.06 bits per heavy atom. The van der Waals surface area contributed by atoms with Crippen LogP contribution in [0.4, 0.5) is 0 Å². The highest BCUT2D eigenvalue weighted by Gasteiger charge is 2.13. The van der Waals surface area contributed by atoms with Crippen molar-refractivity contribution in [1.29, 1.82) is 0 Å². The van der Waals surface area contributed by atoms with E-state index in [0.29, 0.717) is 6.42 Å². The summed E-state index contributed by atoms with van der Waals surface area (Å²) in [5.74, 6) is 1.09. The van der Waals surface area contributed by atoms with Gasteiger partial charge in [-0.05, 0) is 30.9 Å². The topological polar surface area (TPSA) is 55.1 Å². The van der Waals surface area contributed by atoms with Crippen LogP contribution in [-0.4, -0.2) is 24.0 Å². The molecule has 0 saturated carbocycles. The fourth-order valence-electron chi connectivity index (χ4n) is 1.72. The van der Waals surface area contributed by atoms with Gasteiger partial charge in [0, 0.05) is 18.5 Å². The van der Waals surface area contributed by atoms with Crippen LogP contribution in [0.3, 0.4) is 0 Å². The van der Waals surface area contributed by atoms with Crippen molar-refractivity contribution in [3.05, 3.63) is 35.9 Å². The molecule has 1 aromatic carbocycles. The van der Waals surface area contributed by atoms with Gasteiger partial charge in [-0.3, -0.25) is 4.79 Å². The highest BCUT2D eigenvalue weighted by atomic mass is 32.2. The number of nitrogens with two attached hydrogens (primary N) is 1. The molecule has 1 aromatic rings. The van der Waals surface area contributed by atoms with Crippen LogP contribution in [0.1, 0.15) is 31.4 Å². The Kier molecular flexibility index (Phi) is 6.83. The third kappa shape index (κ3) is 5.56. The molecule has 0 bridgehead atoms. The molecule has 0 spiro atoms. The average Bonchev–Trinajstić information content (AvgIpc) is 2.37. The van der Waals surface area contributed by atoms with E-state index >= 15 is 0 Å². The molecule has 4 heteroatoms. The van der Waals surface area contributed by atoms with Gasteiger partial charge in [0.15, 0.2) is 0 Å².